The van der Waals surface area contributed by atoms with E-state index in [4.69, 9.17) is 0 Å². The molecule has 21 heavy (non-hydrogen) atoms. The zero-order valence-electron chi connectivity index (χ0n) is 12.1. The van der Waals surface area contributed by atoms with Crippen LogP contribution in [0.3, 0.4) is 0 Å². The van der Waals surface area contributed by atoms with E-state index in [0.29, 0.717) is 18.5 Å². The van der Waals surface area contributed by atoms with Crippen molar-refractivity contribution < 1.29 is 0 Å². The summed E-state index contributed by atoms with van der Waals surface area (Å²) in [7, 11) is 0. The second-order valence-corrected chi connectivity index (χ2v) is 5.48. The average molecular weight is 283 g/mol. The summed E-state index contributed by atoms with van der Waals surface area (Å²) in [5.74, 6) is 1.38. The molecule has 1 aromatic carbocycles. The van der Waals surface area contributed by atoms with E-state index in [-0.39, 0.29) is 0 Å². The van der Waals surface area contributed by atoms with Gasteiger partial charge in [-0.25, -0.2) is 0 Å². The molecule has 0 saturated heterocycles. The van der Waals surface area contributed by atoms with Gasteiger partial charge in [0.05, 0.1) is 6.20 Å². The number of nitrogens with zero attached hydrogens (tertiary/aromatic N) is 3. The van der Waals surface area contributed by atoms with Crippen LogP contribution in [0.2, 0.25) is 0 Å². The molecule has 2 aromatic rings. The molecule has 1 heterocycles. The molecule has 0 atom stereocenters. The van der Waals surface area contributed by atoms with Crippen molar-refractivity contribution in [3.8, 4) is 0 Å². The Morgan fingerprint density at radius 1 is 1.05 bits per heavy atom. The highest BCUT2D eigenvalue weighted by atomic mass is 15.3. The second-order valence-electron chi connectivity index (χ2n) is 5.48. The number of nitrogens with one attached hydrogen (secondary N) is 2. The lowest BCUT2D eigenvalue weighted by atomic mass is 9.96. The maximum absolute atomic E-state index is 4.49. The zero-order valence-corrected chi connectivity index (χ0v) is 12.1. The molecule has 5 nitrogen and oxygen atoms in total. The minimum atomic E-state index is 0.525. The smallest absolute Gasteiger partial charge is 0.244 e. The number of hydrogen-bond acceptors (Lipinski definition) is 5. The van der Waals surface area contributed by atoms with Crippen LogP contribution in [0.4, 0.5) is 11.8 Å². The van der Waals surface area contributed by atoms with E-state index in [1.54, 1.807) is 6.20 Å². The number of aromatic nitrogens is 3. The van der Waals surface area contributed by atoms with Gasteiger partial charge in [-0.2, -0.15) is 10.1 Å². The molecule has 0 amide bonds. The quantitative estimate of drug-likeness (QED) is 0.882. The number of benzene rings is 1. The monoisotopic (exact) mass is 283 g/mol. The van der Waals surface area contributed by atoms with Crippen LogP contribution in [-0.4, -0.2) is 21.2 Å². The predicted octanol–water partition coefficient (Wildman–Crippen LogP) is 3.23. The summed E-state index contributed by atoms with van der Waals surface area (Å²) in [4.78, 5) is 4.49. The Morgan fingerprint density at radius 2 is 1.86 bits per heavy atom. The van der Waals surface area contributed by atoms with E-state index in [9.17, 15) is 0 Å². The van der Waals surface area contributed by atoms with Crippen molar-refractivity contribution in [2.75, 3.05) is 10.6 Å². The van der Waals surface area contributed by atoms with Crippen LogP contribution in [0, 0.1) is 0 Å². The molecule has 5 heteroatoms. The summed E-state index contributed by atoms with van der Waals surface area (Å²) in [6.45, 7) is 0.704. The first-order valence-electron chi connectivity index (χ1n) is 7.64. The highest BCUT2D eigenvalue weighted by Gasteiger charge is 2.13. The molecule has 0 radical (unpaired) electrons. The molecular weight excluding hydrogens is 262 g/mol. The van der Waals surface area contributed by atoms with Crippen molar-refractivity contribution in [2.24, 2.45) is 0 Å². The van der Waals surface area contributed by atoms with Crippen molar-refractivity contribution >= 4 is 11.8 Å². The maximum atomic E-state index is 4.49. The summed E-state index contributed by atoms with van der Waals surface area (Å²) in [5.41, 5.74) is 1.20. The van der Waals surface area contributed by atoms with Crippen molar-refractivity contribution in [3.63, 3.8) is 0 Å². The van der Waals surface area contributed by atoms with Gasteiger partial charge in [-0.1, -0.05) is 49.6 Å². The Balaban J connectivity index is 1.57. The van der Waals surface area contributed by atoms with E-state index in [1.165, 1.54) is 37.7 Å². The number of anilines is 2. The fraction of sp³-hybridized carbons (Fsp3) is 0.438. The lowest BCUT2D eigenvalue weighted by Crippen LogP contribution is -2.23. The third-order valence-electron chi connectivity index (χ3n) is 3.81. The van der Waals surface area contributed by atoms with Crippen LogP contribution in [0.25, 0.3) is 0 Å². The van der Waals surface area contributed by atoms with E-state index < -0.39 is 0 Å². The Kier molecular flexibility index (Phi) is 4.61. The van der Waals surface area contributed by atoms with Crippen LogP contribution in [-0.2, 0) is 6.54 Å². The van der Waals surface area contributed by atoms with E-state index in [1.807, 2.05) is 18.2 Å². The summed E-state index contributed by atoms with van der Waals surface area (Å²) < 4.78 is 0. The largest absolute Gasteiger partial charge is 0.366 e. The first-order valence-corrected chi connectivity index (χ1v) is 7.64. The summed E-state index contributed by atoms with van der Waals surface area (Å²) in [6, 6.07) is 10.7. The highest BCUT2D eigenvalue weighted by molar-refractivity contribution is 5.38. The van der Waals surface area contributed by atoms with Crippen LogP contribution >= 0.6 is 0 Å². The van der Waals surface area contributed by atoms with Crippen molar-refractivity contribution in [1.82, 2.24) is 15.2 Å². The van der Waals surface area contributed by atoms with Gasteiger partial charge in [-0.05, 0) is 18.4 Å². The first-order chi connectivity index (χ1) is 10.4. The number of rotatable bonds is 5. The highest BCUT2D eigenvalue weighted by Crippen LogP contribution is 2.20. The van der Waals surface area contributed by atoms with Crippen LogP contribution in [0.5, 0.6) is 0 Å². The van der Waals surface area contributed by atoms with Gasteiger partial charge >= 0.3 is 0 Å². The zero-order chi connectivity index (χ0) is 14.3. The number of hydrogen-bond donors (Lipinski definition) is 2. The molecule has 0 aliphatic heterocycles. The molecule has 1 fully saturated rings. The SMILES string of the molecule is c1ccc(CNc2nncc(NC3CCCCC3)n2)cc1. The van der Waals surface area contributed by atoms with Crippen LogP contribution in [0.1, 0.15) is 37.7 Å². The summed E-state index contributed by atoms with van der Waals surface area (Å²) in [5, 5.41) is 14.7. The molecule has 1 aliphatic carbocycles. The maximum Gasteiger partial charge on any atom is 0.244 e. The molecule has 0 bridgehead atoms. The standard InChI is InChI=1S/C16H21N5/c1-3-7-13(8-4-1)11-17-16-20-15(12-18-21-16)19-14-9-5-2-6-10-14/h1,3-4,7-8,12,14H,2,5-6,9-11H2,(H2,17,19,20,21). The Hall–Kier alpha value is -2.17. The summed E-state index contributed by atoms with van der Waals surface area (Å²) in [6.07, 6.45) is 8.09. The van der Waals surface area contributed by atoms with Gasteiger partial charge in [-0.15, -0.1) is 5.10 Å². The first kappa shape index (κ1) is 13.8. The van der Waals surface area contributed by atoms with Gasteiger partial charge in [0, 0.05) is 12.6 Å². The van der Waals surface area contributed by atoms with Gasteiger partial charge in [0.25, 0.3) is 0 Å². The lowest BCUT2D eigenvalue weighted by Gasteiger charge is -2.23. The van der Waals surface area contributed by atoms with Gasteiger partial charge < -0.3 is 10.6 Å². The second kappa shape index (κ2) is 7.02. The minimum Gasteiger partial charge on any atom is -0.366 e. The molecule has 110 valence electrons. The average Bonchev–Trinajstić information content (AvgIpc) is 2.55. The van der Waals surface area contributed by atoms with Crippen molar-refractivity contribution in [2.45, 2.75) is 44.7 Å². The van der Waals surface area contributed by atoms with Gasteiger partial charge in [0.1, 0.15) is 0 Å². The molecule has 2 N–H and O–H groups in total. The van der Waals surface area contributed by atoms with Crippen molar-refractivity contribution in [3.05, 3.63) is 42.1 Å². The normalized spacial score (nSPS) is 15.6. The van der Waals surface area contributed by atoms with E-state index in [2.05, 4.69) is 37.9 Å². The molecule has 1 aromatic heterocycles. The molecule has 3 rings (SSSR count). The summed E-state index contributed by atoms with van der Waals surface area (Å²) >= 11 is 0. The Bertz CT molecular complexity index is 552. The van der Waals surface area contributed by atoms with Crippen LogP contribution < -0.4 is 10.6 Å². The molecule has 1 aliphatic rings. The fourth-order valence-corrected chi connectivity index (χ4v) is 2.68. The van der Waals surface area contributed by atoms with Gasteiger partial charge in [0.15, 0.2) is 5.82 Å². The van der Waals surface area contributed by atoms with Gasteiger partial charge in [0.2, 0.25) is 5.95 Å². The van der Waals surface area contributed by atoms with Crippen LogP contribution in [0.15, 0.2) is 36.5 Å². The Morgan fingerprint density at radius 3 is 2.67 bits per heavy atom. The molecular formula is C16H21N5. The molecule has 0 spiro atoms. The van der Waals surface area contributed by atoms with Crippen molar-refractivity contribution in [1.29, 1.82) is 0 Å². The predicted molar refractivity (Wildman–Crippen MR) is 84.1 cm³/mol. The third kappa shape index (κ3) is 4.15. The topological polar surface area (TPSA) is 62.7 Å². The lowest BCUT2D eigenvalue weighted by molar-refractivity contribution is 0.461. The fourth-order valence-electron chi connectivity index (χ4n) is 2.68. The molecule has 0 unspecified atom stereocenters. The van der Waals surface area contributed by atoms with E-state index >= 15 is 0 Å². The third-order valence-corrected chi connectivity index (χ3v) is 3.81. The van der Waals surface area contributed by atoms with E-state index in [0.717, 1.165) is 5.82 Å². The Labute approximate surface area is 125 Å². The van der Waals surface area contributed by atoms with Gasteiger partial charge in [-0.3, -0.25) is 0 Å². The minimum absolute atomic E-state index is 0.525. The molecule has 1 saturated carbocycles.